The van der Waals surface area contributed by atoms with Crippen LogP contribution in [0.25, 0.3) is 10.9 Å². The predicted molar refractivity (Wildman–Crippen MR) is 150 cm³/mol. The Kier molecular flexibility index (Phi) is 10.3. The molecule has 0 aliphatic carbocycles. The number of carboxylic acid groups (broad SMARTS) is 1. The zero-order chi connectivity index (χ0) is 29.4. The minimum atomic E-state index is -1.25. The Bertz CT molecular complexity index is 1340. The van der Waals surface area contributed by atoms with Gasteiger partial charge < -0.3 is 36.9 Å². The van der Waals surface area contributed by atoms with Crippen LogP contribution < -0.4 is 21.7 Å². The van der Waals surface area contributed by atoms with Crippen LogP contribution in [-0.2, 0) is 32.0 Å². The first kappa shape index (κ1) is 30.2. The van der Waals surface area contributed by atoms with Crippen molar-refractivity contribution in [1.82, 2.24) is 20.9 Å². The molecule has 0 aliphatic rings. The van der Waals surface area contributed by atoms with Gasteiger partial charge in [-0.1, -0.05) is 44.2 Å². The molecule has 1 heterocycles. The minimum Gasteiger partial charge on any atom is -0.508 e. The quantitative estimate of drug-likeness (QED) is 0.168. The number of phenols is 1. The summed E-state index contributed by atoms with van der Waals surface area (Å²) in [5.41, 5.74) is 8.61. The fourth-order valence-electron chi connectivity index (χ4n) is 4.36. The molecule has 0 spiro atoms. The highest BCUT2D eigenvalue weighted by Gasteiger charge is 2.29. The second kappa shape index (κ2) is 13.6. The summed E-state index contributed by atoms with van der Waals surface area (Å²) in [5.74, 6) is -2.92. The molecule has 8 N–H and O–H groups in total. The van der Waals surface area contributed by atoms with E-state index in [4.69, 9.17) is 5.73 Å². The average Bonchev–Trinajstić information content (AvgIpc) is 3.31. The molecule has 0 aliphatic heterocycles. The van der Waals surface area contributed by atoms with Crippen LogP contribution in [0.1, 0.15) is 38.3 Å². The third-order valence-corrected chi connectivity index (χ3v) is 6.53. The van der Waals surface area contributed by atoms with E-state index in [1.54, 1.807) is 12.1 Å². The van der Waals surface area contributed by atoms with Crippen LogP contribution in [0.15, 0.2) is 54.7 Å². The Hall–Kier alpha value is -4.38. The highest BCUT2D eigenvalue weighted by molar-refractivity contribution is 5.94. The number of aliphatic carboxylic acids is 1. The highest BCUT2D eigenvalue weighted by Crippen LogP contribution is 2.19. The number of nitrogens with one attached hydrogen (secondary N) is 4. The van der Waals surface area contributed by atoms with Gasteiger partial charge in [0.15, 0.2) is 0 Å². The number of phenolic OH excluding ortho intramolecular Hbond substituents is 1. The number of nitrogens with two attached hydrogens (primary N) is 1. The lowest BCUT2D eigenvalue weighted by Crippen LogP contribution is -2.56. The van der Waals surface area contributed by atoms with Gasteiger partial charge in [-0.25, -0.2) is 4.79 Å². The van der Waals surface area contributed by atoms with Crippen LogP contribution in [0.4, 0.5) is 0 Å². The van der Waals surface area contributed by atoms with Crippen molar-refractivity contribution in [3.8, 4) is 5.75 Å². The van der Waals surface area contributed by atoms with Gasteiger partial charge in [0.2, 0.25) is 17.7 Å². The maximum atomic E-state index is 13.1. The van der Waals surface area contributed by atoms with Crippen LogP contribution in [-0.4, -0.2) is 63.1 Å². The number of aromatic hydroxyl groups is 1. The molecule has 4 unspecified atom stereocenters. The van der Waals surface area contributed by atoms with E-state index in [0.29, 0.717) is 12.0 Å². The van der Waals surface area contributed by atoms with Gasteiger partial charge in [0.1, 0.15) is 23.9 Å². The lowest BCUT2D eigenvalue weighted by Gasteiger charge is -2.24. The SMILES string of the molecule is CC(C)CC(NC(=O)C(N)Cc1c[nH]c2ccccc12)C(=O)NC(C)C(=O)NC(Cc1ccc(O)cc1)C(=O)O. The number of rotatable bonds is 13. The normalized spacial score (nSPS) is 14.2. The van der Waals surface area contributed by atoms with Crippen molar-refractivity contribution >= 4 is 34.6 Å². The second-order valence-corrected chi connectivity index (χ2v) is 10.4. The molecule has 214 valence electrons. The number of carbonyl (C=O) groups is 4. The van der Waals surface area contributed by atoms with Gasteiger partial charge in [0.25, 0.3) is 0 Å². The fourth-order valence-corrected chi connectivity index (χ4v) is 4.36. The van der Waals surface area contributed by atoms with Crippen LogP contribution in [0.3, 0.4) is 0 Å². The van der Waals surface area contributed by atoms with E-state index in [9.17, 15) is 29.4 Å². The first-order chi connectivity index (χ1) is 18.9. The van der Waals surface area contributed by atoms with Gasteiger partial charge in [0.05, 0.1) is 6.04 Å². The monoisotopic (exact) mass is 551 g/mol. The Morgan fingerprint density at radius 1 is 0.850 bits per heavy atom. The van der Waals surface area contributed by atoms with Crippen molar-refractivity contribution in [2.45, 2.75) is 64.2 Å². The number of H-pyrrole nitrogens is 1. The number of para-hydroxylation sites is 1. The smallest absolute Gasteiger partial charge is 0.326 e. The predicted octanol–water partition coefficient (Wildman–Crippen LogP) is 1.59. The Morgan fingerprint density at radius 3 is 2.15 bits per heavy atom. The summed E-state index contributed by atoms with van der Waals surface area (Å²) in [6, 6.07) is 9.48. The number of carbonyl (C=O) groups excluding carboxylic acids is 3. The number of hydrogen-bond donors (Lipinski definition) is 7. The lowest BCUT2D eigenvalue weighted by molar-refractivity contribution is -0.142. The molecule has 2 aromatic carbocycles. The van der Waals surface area contributed by atoms with Crippen LogP contribution >= 0.6 is 0 Å². The van der Waals surface area contributed by atoms with Crippen LogP contribution in [0, 0.1) is 5.92 Å². The zero-order valence-electron chi connectivity index (χ0n) is 22.8. The zero-order valence-corrected chi connectivity index (χ0v) is 22.8. The first-order valence-corrected chi connectivity index (χ1v) is 13.2. The van der Waals surface area contributed by atoms with E-state index < -0.39 is 47.9 Å². The molecular formula is C29H37N5O6. The molecule has 11 nitrogen and oxygen atoms in total. The summed E-state index contributed by atoms with van der Waals surface area (Å²) < 4.78 is 0. The Balaban J connectivity index is 1.60. The van der Waals surface area contributed by atoms with Gasteiger partial charge in [-0.3, -0.25) is 14.4 Å². The molecule has 0 bridgehead atoms. The summed E-state index contributed by atoms with van der Waals surface area (Å²) in [5, 5.41) is 27.7. The minimum absolute atomic E-state index is 0.0115. The molecule has 0 saturated heterocycles. The molecule has 11 heteroatoms. The molecule has 0 saturated carbocycles. The maximum Gasteiger partial charge on any atom is 0.326 e. The molecule has 3 amide bonds. The number of carboxylic acids is 1. The molecule has 0 fully saturated rings. The topological polar surface area (TPSA) is 187 Å². The third-order valence-electron chi connectivity index (χ3n) is 6.53. The van der Waals surface area contributed by atoms with Gasteiger partial charge in [-0.15, -0.1) is 0 Å². The average molecular weight is 552 g/mol. The van der Waals surface area contributed by atoms with Crippen molar-refractivity contribution in [3.05, 3.63) is 65.9 Å². The number of amides is 3. The van der Waals surface area contributed by atoms with Gasteiger partial charge in [-0.05, 0) is 55.0 Å². The highest BCUT2D eigenvalue weighted by atomic mass is 16.4. The van der Waals surface area contributed by atoms with Crippen molar-refractivity contribution in [2.75, 3.05) is 0 Å². The van der Waals surface area contributed by atoms with Crippen LogP contribution in [0.5, 0.6) is 5.75 Å². The van der Waals surface area contributed by atoms with Crippen LogP contribution in [0.2, 0.25) is 0 Å². The molecule has 3 aromatic rings. The Labute approximate surface area is 232 Å². The summed E-state index contributed by atoms with van der Waals surface area (Å²) in [6.07, 6.45) is 2.37. The second-order valence-electron chi connectivity index (χ2n) is 10.4. The molecule has 40 heavy (non-hydrogen) atoms. The van der Waals surface area contributed by atoms with Gasteiger partial charge >= 0.3 is 5.97 Å². The van der Waals surface area contributed by atoms with E-state index in [1.807, 2.05) is 44.3 Å². The number of aromatic nitrogens is 1. The lowest BCUT2D eigenvalue weighted by atomic mass is 10.0. The van der Waals surface area contributed by atoms with Crippen molar-refractivity contribution in [1.29, 1.82) is 0 Å². The Morgan fingerprint density at radius 2 is 1.50 bits per heavy atom. The third kappa shape index (κ3) is 8.31. The van der Waals surface area contributed by atoms with E-state index in [-0.39, 0.29) is 24.5 Å². The van der Waals surface area contributed by atoms with Crippen molar-refractivity contribution < 1.29 is 29.4 Å². The largest absolute Gasteiger partial charge is 0.508 e. The summed E-state index contributed by atoms with van der Waals surface area (Å²) in [4.78, 5) is 53.7. The summed E-state index contributed by atoms with van der Waals surface area (Å²) in [7, 11) is 0. The van der Waals surface area contributed by atoms with Gasteiger partial charge in [0, 0.05) is 23.5 Å². The number of fused-ring (bicyclic) bond motifs is 1. The fraction of sp³-hybridized carbons (Fsp3) is 0.379. The number of benzene rings is 2. The molecule has 3 rings (SSSR count). The van der Waals surface area contributed by atoms with Crippen molar-refractivity contribution in [3.63, 3.8) is 0 Å². The molecule has 0 radical (unpaired) electrons. The van der Waals surface area contributed by atoms with Gasteiger partial charge in [-0.2, -0.15) is 0 Å². The number of aromatic amines is 1. The van der Waals surface area contributed by atoms with E-state index in [2.05, 4.69) is 20.9 Å². The summed E-state index contributed by atoms with van der Waals surface area (Å²) >= 11 is 0. The molecule has 4 atom stereocenters. The molecule has 1 aromatic heterocycles. The number of hydrogen-bond acceptors (Lipinski definition) is 6. The van der Waals surface area contributed by atoms with E-state index in [1.165, 1.54) is 19.1 Å². The van der Waals surface area contributed by atoms with E-state index in [0.717, 1.165) is 16.5 Å². The van der Waals surface area contributed by atoms with E-state index >= 15 is 0 Å². The first-order valence-electron chi connectivity index (χ1n) is 13.2. The standard InChI is InChI=1S/C29H37N5O6/c1-16(2)12-24(33-27(37)22(30)14-19-15-31-23-7-5-4-6-21(19)23)28(38)32-17(3)26(36)34-25(29(39)40)13-18-8-10-20(35)11-9-18/h4-11,15-17,22,24-25,31,35H,12-14,30H2,1-3H3,(H,32,38)(H,33,37)(H,34,36)(H,39,40). The summed E-state index contributed by atoms with van der Waals surface area (Å²) in [6.45, 7) is 5.23. The van der Waals surface area contributed by atoms with Crippen molar-refractivity contribution in [2.24, 2.45) is 11.7 Å². The maximum absolute atomic E-state index is 13.1. The molecular weight excluding hydrogens is 514 g/mol.